The van der Waals surface area contributed by atoms with Gasteiger partial charge in [-0.1, -0.05) is 0 Å². The predicted molar refractivity (Wildman–Crippen MR) is 71.3 cm³/mol. The molecular formula is C13H22N2OS. The monoisotopic (exact) mass is 254 g/mol. The Kier molecular flexibility index (Phi) is 5.42. The summed E-state index contributed by atoms with van der Waals surface area (Å²) in [5.41, 5.74) is 0. The molecule has 0 unspecified atom stereocenters. The Labute approximate surface area is 108 Å². The summed E-state index contributed by atoms with van der Waals surface area (Å²) in [7, 11) is 0. The number of thiazole rings is 1. The fraction of sp³-hybridized carbons (Fsp3) is 0.769. The van der Waals surface area contributed by atoms with Crippen molar-refractivity contribution in [3.05, 3.63) is 16.6 Å². The number of rotatable bonds is 6. The van der Waals surface area contributed by atoms with Crippen LogP contribution in [0, 0.1) is 5.92 Å². The molecule has 1 N–H and O–H groups in total. The SMILES string of the molecule is C[C@@H](OCCC[C@H]1CCCNC1)c1nccs1. The van der Waals surface area contributed by atoms with Crippen LogP contribution in [0.5, 0.6) is 0 Å². The Balaban J connectivity index is 1.56. The van der Waals surface area contributed by atoms with Gasteiger partial charge < -0.3 is 10.1 Å². The van der Waals surface area contributed by atoms with Gasteiger partial charge in [-0.3, -0.25) is 0 Å². The number of ether oxygens (including phenoxy) is 1. The van der Waals surface area contributed by atoms with Crippen LogP contribution in [0.4, 0.5) is 0 Å². The minimum Gasteiger partial charge on any atom is -0.371 e. The first kappa shape index (κ1) is 13.0. The van der Waals surface area contributed by atoms with E-state index in [1.165, 1.54) is 38.8 Å². The third kappa shape index (κ3) is 4.37. The van der Waals surface area contributed by atoms with Gasteiger partial charge in [-0.05, 0) is 51.6 Å². The van der Waals surface area contributed by atoms with Crippen LogP contribution in [-0.2, 0) is 4.74 Å². The number of piperidine rings is 1. The summed E-state index contributed by atoms with van der Waals surface area (Å²) in [6.07, 6.45) is 7.17. The van der Waals surface area contributed by atoms with E-state index in [0.29, 0.717) is 0 Å². The van der Waals surface area contributed by atoms with Crippen LogP contribution in [0.15, 0.2) is 11.6 Å². The minimum atomic E-state index is 0.152. The van der Waals surface area contributed by atoms with E-state index in [4.69, 9.17) is 4.74 Å². The van der Waals surface area contributed by atoms with Gasteiger partial charge in [0.05, 0.1) is 0 Å². The first-order chi connectivity index (χ1) is 8.36. The zero-order chi connectivity index (χ0) is 11.9. The molecular weight excluding hydrogens is 232 g/mol. The van der Waals surface area contributed by atoms with Gasteiger partial charge in [0.15, 0.2) is 0 Å². The highest BCUT2D eigenvalue weighted by Crippen LogP contribution is 2.20. The average Bonchev–Trinajstić information content (AvgIpc) is 2.89. The number of hydrogen-bond donors (Lipinski definition) is 1. The summed E-state index contributed by atoms with van der Waals surface area (Å²) in [5.74, 6) is 0.863. The van der Waals surface area contributed by atoms with Crippen LogP contribution in [0.3, 0.4) is 0 Å². The van der Waals surface area contributed by atoms with Crippen molar-refractivity contribution >= 4 is 11.3 Å². The molecule has 1 aliphatic heterocycles. The molecule has 0 bridgehead atoms. The highest BCUT2D eigenvalue weighted by molar-refractivity contribution is 7.09. The Hall–Kier alpha value is -0.450. The van der Waals surface area contributed by atoms with E-state index < -0.39 is 0 Å². The molecule has 0 radical (unpaired) electrons. The molecule has 1 saturated heterocycles. The average molecular weight is 254 g/mol. The molecule has 1 aromatic rings. The Morgan fingerprint density at radius 2 is 2.59 bits per heavy atom. The number of nitrogens with one attached hydrogen (secondary N) is 1. The third-order valence-electron chi connectivity index (χ3n) is 3.32. The van der Waals surface area contributed by atoms with Crippen molar-refractivity contribution in [3.8, 4) is 0 Å². The summed E-state index contributed by atoms with van der Waals surface area (Å²) in [6, 6.07) is 0. The first-order valence-corrected chi connectivity index (χ1v) is 7.46. The molecule has 2 heterocycles. The fourth-order valence-corrected chi connectivity index (χ4v) is 2.95. The van der Waals surface area contributed by atoms with Crippen LogP contribution >= 0.6 is 11.3 Å². The van der Waals surface area contributed by atoms with E-state index in [-0.39, 0.29) is 6.10 Å². The van der Waals surface area contributed by atoms with Gasteiger partial charge in [0.1, 0.15) is 11.1 Å². The van der Waals surface area contributed by atoms with Crippen LogP contribution in [0.25, 0.3) is 0 Å². The van der Waals surface area contributed by atoms with Gasteiger partial charge in [0, 0.05) is 18.2 Å². The predicted octanol–water partition coefficient (Wildman–Crippen LogP) is 3.00. The van der Waals surface area contributed by atoms with Crippen molar-refractivity contribution in [2.24, 2.45) is 5.92 Å². The van der Waals surface area contributed by atoms with E-state index >= 15 is 0 Å². The molecule has 96 valence electrons. The van der Waals surface area contributed by atoms with Crippen molar-refractivity contribution in [1.82, 2.24) is 10.3 Å². The zero-order valence-corrected chi connectivity index (χ0v) is 11.3. The number of hydrogen-bond acceptors (Lipinski definition) is 4. The lowest BCUT2D eigenvalue weighted by molar-refractivity contribution is 0.0600. The second-order valence-electron chi connectivity index (χ2n) is 4.74. The van der Waals surface area contributed by atoms with Crippen LogP contribution in [-0.4, -0.2) is 24.7 Å². The van der Waals surface area contributed by atoms with Gasteiger partial charge in [-0.15, -0.1) is 11.3 Å². The molecule has 4 heteroatoms. The summed E-state index contributed by atoms with van der Waals surface area (Å²) in [5, 5.41) is 6.55. The van der Waals surface area contributed by atoms with Gasteiger partial charge in [-0.2, -0.15) is 0 Å². The Morgan fingerprint density at radius 1 is 1.65 bits per heavy atom. The molecule has 0 amide bonds. The highest BCUT2D eigenvalue weighted by atomic mass is 32.1. The van der Waals surface area contributed by atoms with E-state index in [2.05, 4.69) is 17.2 Å². The molecule has 0 spiro atoms. The molecule has 0 aliphatic carbocycles. The van der Waals surface area contributed by atoms with E-state index in [1.807, 2.05) is 11.6 Å². The zero-order valence-electron chi connectivity index (χ0n) is 10.5. The lowest BCUT2D eigenvalue weighted by atomic mass is 9.95. The maximum atomic E-state index is 5.80. The van der Waals surface area contributed by atoms with E-state index in [1.54, 1.807) is 11.3 Å². The molecule has 0 aromatic carbocycles. The molecule has 3 nitrogen and oxygen atoms in total. The summed E-state index contributed by atoms with van der Waals surface area (Å²) >= 11 is 1.67. The molecule has 1 fully saturated rings. The quantitative estimate of drug-likeness (QED) is 0.792. The Morgan fingerprint density at radius 3 is 3.29 bits per heavy atom. The minimum absolute atomic E-state index is 0.152. The second kappa shape index (κ2) is 7.09. The summed E-state index contributed by atoms with van der Waals surface area (Å²) < 4.78 is 5.80. The highest BCUT2D eigenvalue weighted by Gasteiger charge is 2.13. The lowest BCUT2D eigenvalue weighted by Crippen LogP contribution is -2.29. The van der Waals surface area contributed by atoms with Gasteiger partial charge >= 0.3 is 0 Å². The third-order valence-corrected chi connectivity index (χ3v) is 4.26. The molecule has 0 saturated carbocycles. The van der Waals surface area contributed by atoms with Gasteiger partial charge in [0.2, 0.25) is 0 Å². The van der Waals surface area contributed by atoms with Crippen LogP contribution in [0.2, 0.25) is 0 Å². The molecule has 2 atom stereocenters. The standard InChI is InChI=1S/C13H22N2OS/c1-11(13-15-7-9-17-13)16-8-3-5-12-4-2-6-14-10-12/h7,9,11-12,14H,2-6,8,10H2,1H3/t11-,12-/m1/s1. The van der Waals surface area contributed by atoms with Crippen LogP contribution in [0.1, 0.15) is 43.7 Å². The maximum Gasteiger partial charge on any atom is 0.121 e. The first-order valence-electron chi connectivity index (χ1n) is 6.58. The number of nitrogens with zero attached hydrogens (tertiary/aromatic N) is 1. The van der Waals surface area contributed by atoms with Crippen LogP contribution < -0.4 is 5.32 Å². The number of aromatic nitrogens is 1. The largest absolute Gasteiger partial charge is 0.371 e. The van der Waals surface area contributed by atoms with E-state index in [0.717, 1.165) is 17.5 Å². The fourth-order valence-electron chi connectivity index (χ4n) is 2.31. The van der Waals surface area contributed by atoms with E-state index in [9.17, 15) is 0 Å². The van der Waals surface area contributed by atoms with Crippen molar-refractivity contribution in [1.29, 1.82) is 0 Å². The smallest absolute Gasteiger partial charge is 0.121 e. The van der Waals surface area contributed by atoms with Crippen molar-refractivity contribution in [2.75, 3.05) is 19.7 Å². The maximum absolute atomic E-state index is 5.80. The molecule has 1 aliphatic rings. The molecule has 2 rings (SSSR count). The Bertz CT molecular complexity index is 296. The topological polar surface area (TPSA) is 34.1 Å². The molecule has 17 heavy (non-hydrogen) atoms. The normalized spacial score (nSPS) is 22.5. The van der Waals surface area contributed by atoms with Crippen molar-refractivity contribution < 1.29 is 4.74 Å². The summed E-state index contributed by atoms with van der Waals surface area (Å²) in [4.78, 5) is 4.27. The van der Waals surface area contributed by atoms with Crippen molar-refractivity contribution in [2.45, 2.75) is 38.7 Å². The molecule has 1 aromatic heterocycles. The second-order valence-corrected chi connectivity index (χ2v) is 5.66. The van der Waals surface area contributed by atoms with Gasteiger partial charge in [-0.25, -0.2) is 4.98 Å². The summed E-state index contributed by atoms with van der Waals surface area (Å²) in [6.45, 7) is 5.34. The lowest BCUT2D eigenvalue weighted by Gasteiger charge is -2.22. The van der Waals surface area contributed by atoms with Gasteiger partial charge in [0.25, 0.3) is 0 Å². The van der Waals surface area contributed by atoms with Crippen molar-refractivity contribution in [3.63, 3.8) is 0 Å².